The molecule has 0 bridgehead atoms. The van der Waals surface area contributed by atoms with Crippen LogP contribution in [0.15, 0.2) is 59.4 Å². The van der Waals surface area contributed by atoms with E-state index >= 15 is 0 Å². The van der Waals surface area contributed by atoms with Crippen molar-refractivity contribution in [3.63, 3.8) is 0 Å². The highest BCUT2D eigenvalue weighted by Crippen LogP contribution is 2.26. The number of ether oxygens (including phenoxy) is 2. The first kappa shape index (κ1) is 20.5. The summed E-state index contributed by atoms with van der Waals surface area (Å²) in [5.74, 6) is 1.31. The molecule has 0 saturated carbocycles. The van der Waals surface area contributed by atoms with Crippen LogP contribution in [0.3, 0.4) is 0 Å². The zero-order valence-corrected chi connectivity index (χ0v) is 17.2. The third-order valence-corrected chi connectivity index (χ3v) is 4.69. The summed E-state index contributed by atoms with van der Waals surface area (Å²) in [6.45, 7) is 1.66. The van der Waals surface area contributed by atoms with Gasteiger partial charge in [-0.1, -0.05) is 17.3 Å². The van der Waals surface area contributed by atoms with Crippen molar-refractivity contribution in [1.29, 1.82) is 0 Å². The molecule has 1 aromatic carbocycles. The Labute approximate surface area is 179 Å². The lowest BCUT2D eigenvalue weighted by Gasteiger charge is -2.09. The van der Waals surface area contributed by atoms with Crippen LogP contribution >= 0.6 is 0 Å². The lowest BCUT2D eigenvalue weighted by molar-refractivity contribution is -0.123. The molecule has 1 N–H and O–H groups in total. The number of benzene rings is 1. The number of nitrogens with one attached hydrogen (secondary N) is 1. The third kappa shape index (κ3) is 5.07. The predicted octanol–water partition coefficient (Wildman–Crippen LogP) is 2.47. The van der Waals surface area contributed by atoms with Crippen molar-refractivity contribution >= 4 is 16.8 Å². The summed E-state index contributed by atoms with van der Waals surface area (Å²) < 4.78 is 18.2. The van der Waals surface area contributed by atoms with Gasteiger partial charge >= 0.3 is 0 Å². The van der Waals surface area contributed by atoms with Gasteiger partial charge in [-0.25, -0.2) is 0 Å². The van der Waals surface area contributed by atoms with E-state index in [1.807, 2.05) is 42.6 Å². The number of carbonyl (C=O) groups is 1. The average molecular weight is 421 g/mol. The zero-order chi connectivity index (χ0) is 21.5. The molecule has 1 amide bonds. The van der Waals surface area contributed by atoms with Gasteiger partial charge in [0.05, 0.1) is 12.1 Å². The number of pyridine rings is 1. The molecule has 31 heavy (non-hydrogen) atoms. The Morgan fingerprint density at radius 3 is 2.97 bits per heavy atom. The van der Waals surface area contributed by atoms with Crippen LogP contribution in [0.25, 0.3) is 22.4 Å². The Hall–Kier alpha value is -3.72. The summed E-state index contributed by atoms with van der Waals surface area (Å²) in [7, 11) is 1.68. The fraction of sp³-hybridized carbons (Fsp3) is 0.273. The molecule has 0 fully saturated rings. The summed E-state index contributed by atoms with van der Waals surface area (Å²) in [4.78, 5) is 20.7. The van der Waals surface area contributed by atoms with Crippen LogP contribution < -0.4 is 10.1 Å². The van der Waals surface area contributed by atoms with E-state index < -0.39 is 0 Å². The maximum absolute atomic E-state index is 12.2. The minimum absolute atomic E-state index is 0.0780. The number of hydrogen-bond donors (Lipinski definition) is 1. The molecule has 0 aliphatic rings. The first-order valence-electron chi connectivity index (χ1n) is 9.95. The van der Waals surface area contributed by atoms with Crippen LogP contribution in [0.5, 0.6) is 5.75 Å². The Bertz CT molecular complexity index is 1140. The van der Waals surface area contributed by atoms with Crippen molar-refractivity contribution < 1.29 is 18.8 Å². The van der Waals surface area contributed by atoms with Gasteiger partial charge in [-0.15, -0.1) is 0 Å². The monoisotopic (exact) mass is 421 g/mol. The molecule has 0 aliphatic heterocycles. The van der Waals surface area contributed by atoms with Gasteiger partial charge in [-0.3, -0.25) is 9.78 Å². The normalized spacial score (nSPS) is 11.0. The first-order chi connectivity index (χ1) is 15.2. The van der Waals surface area contributed by atoms with Crippen LogP contribution in [0.4, 0.5) is 0 Å². The molecule has 4 rings (SSSR count). The molecule has 3 heterocycles. The molecule has 0 radical (unpaired) electrons. The lowest BCUT2D eigenvalue weighted by Crippen LogP contribution is -2.30. The molecule has 0 unspecified atom stereocenters. The second kappa shape index (κ2) is 9.86. The van der Waals surface area contributed by atoms with E-state index in [0.717, 1.165) is 17.4 Å². The largest absolute Gasteiger partial charge is 0.483 e. The molecular formula is C22H23N5O4. The predicted molar refractivity (Wildman–Crippen MR) is 114 cm³/mol. The third-order valence-electron chi connectivity index (χ3n) is 4.69. The summed E-state index contributed by atoms with van der Waals surface area (Å²) >= 11 is 0. The maximum Gasteiger partial charge on any atom is 0.257 e. The topological polar surface area (TPSA) is 104 Å². The standard InChI is InChI=1S/C22H23N5O4/c1-29-14-13-27-12-9-16-18(27)6-4-7-19(16)30-15-20(28)24-11-8-21-25-22(26-31-21)17-5-2-3-10-23-17/h2-7,9-10,12H,8,11,13-15H2,1H3,(H,24,28). The van der Waals surface area contributed by atoms with E-state index in [0.29, 0.717) is 42.7 Å². The SMILES string of the molecule is COCCn1ccc2c(OCC(=O)NCCc3nc(-c4ccccn4)no3)cccc21. The highest BCUT2D eigenvalue weighted by Gasteiger charge is 2.11. The molecule has 0 aliphatic carbocycles. The van der Waals surface area contributed by atoms with Crippen molar-refractivity contribution in [3.05, 3.63) is 60.7 Å². The summed E-state index contributed by atoms with van der Waals surface area (Å²) in [5.41, 5.74) is 1.68. The van der Waals surface area contributed by atoms with Crippen molar-refractivity contribution in [2.75, 3.05) is 26.9 Å². The highest BCUT2D eigenvalue weighted by molar-refractivity contribution is 5.87. The molecule has 160 valence electrons. The Kier molecular flexibility index (Phi) is 6.53. The molecular weight excluding hydrogens is 398 g/mol. The van der Waals surface area contributed by atoms with E-state index in [9.17, 15) is 4.79 Å². The number of rotatable bonds is 10. The van der Waals surface area contributed by atoms with Crippen molar-refractivity contribution in [3.8, 4) is 17.3 Å². The molecule has 9 nitrogen and oxygen atoms in total. The van der Waals surface area contributed by atoms with Crippen LogP contribution in [0, 0.1) is 0 Å². The highest BCUT2D eigenvalue weighted by atomic mass is 16.5. The number of methoxy groups -OCH3 is 1. The maximum atomic E-state index is 12.2. The van der Waals surface area contributed by atoms with E-state index in [1.165, 1.54) is 0 Å². The minimum atomic E-state index is -0.222. The smallest absolute Gasteiger partial charge is 0.257 e. The van der Waals surface area contributed by atoms with E-state index in [-0.39, 0.29) is 12.5 Å². The van der Waals surface area contributed by atoms with Crippen molar-refractivity contribution in [1.82, 2.24) is 25.0 Å². The summed E-state index contributed by atoms with van der Waals surface area (Å²) in [6, 6.07) is 13.2. The van der Waals surface area contributed by atoms with Gasteiger partial charge in [0.15, 0.2) is 6.61 Å². The molecule has 9 heteroatoms. The molecule has 0 atom stereocenters. The van der Waals surface area contributed by atoms with Crippen LogP contribution in [-0.2, 0) is 22.5 Å². The summed E-state index contributed by atoms with van der Waals surface area (Å²) in [5, 5.41) is 7.67. The van der Waals surface area contributed by atoms with Gasteiger partial charge in [0.2, 0.25) is 11.7 Å². The fourth-order valence-corrected chi connectivity index (χ4v) is 3.16. The van der Waals surface area contributed by atoms with Crippen LogP contribution in [-0.4, -0.2) is 52.5 Å². The lowest BCUT2D eigenvalue weighted by atomic mass is 10.2. The second-order valence-corrected chi connectivity index (χ2v) is 6.81. The Morgan fingerprint density at radius 2 is 2.13 bits per heavy atom. The number of hydrogen-bond acceptors (Lipinski definition) is 7. The van der Waals surface area contributed by atoms with Gasteiger partial charge in [-0.05, 0) is 30.3 Å². The Balaban J connectivity index is 1.26. The fourth-order valence-electron chi connectivity index (χ4n) is 3.16. The van der Waals surface area contributed by atoms with Crippen molar-refractivity contribution in [2.45, 2.75) is 13.0 Å². The second-order valence-electron chi connectivity index (χ2n) is 6.81. The van der Waals surface area contributed by atoms with E-state index in [4.69, 9.17) is 14.0 Å². The molecule has 3 aromatic heterocycles. The quantitative estimate of drug-likeness (QED) is 0.419. The number of aromatic nitrogens is 4. The van der Waals surface area contributed by atoms with E-state index in [2.05, 4.69) is 25.0 Å². The molecule has 4 aromatic rings. The Morgan fingerprint density at radius 1 is 1.19 bits per heavy atom. The van der Waals surface area contributed by atoms with Crippen LogP contribution in [0.1, 0.15) is 5.89 Å². The van der Waals surface area contributed by atoms with Gasteiger partial charge in [0, 0.05) is 44.4 Å². The number of nitrogens with zero attached hydrogens (tertiary/aromatic N) is 4. The zero-order valence-electron chi connectivity index (χ0n) is 17.2. The van der Waals surface area contributed by atoms with Gasteiger partial charge in [0.1, 0.15) is 11.4 Å². The molecule has 0 saturated heterocycles. The van der Waals surface area contributed by atoms with Crippen LogP contribution in [0.2, 0.25) is 0 Å². The number of fused-ring (bicyclic) bond motifs is 1. The number of carbonyl (C=O) groups excluding carboxylic acids is 1. The average Bonchev–Trinajstić information content (AvgIpc) is 3.44. The van der Waals surface area contributed by atoms with Crippen molar-refractivity contribution in [2.24, 2.45) is 0 Å². The van der Waals surface area contributed by atoms with Gasteiger partial charge in [-0.2, -0.15) is 4.98 Å². The van der Waals surface area contributed by atoms with E-state index in [1.54, 1.807) is 19.4 Å². The van der Waals surface area contributed by atoms with Gasteiger partial charge < -0.3 is 23.9 Å². The summed E-state index contributed by atoms with van der Waals surface area (Å²) in [6.07, 6.45) is 4.07. The minimum Gasteiger partial charge on any atom is -0.483 e. The first-order valence-corrected chi connectivity index (χ1v) is 9.95. The molecule has 0 spiro atoms. The number of amides is 1. The van der Waals surface area contributed by atoms with Gasteiger partial charge in [0.25, 0.3) is 5.91 Å².